The summed E-state index contributed by atoms with van der Waals surface area (Å²) in [6, 6.07) is 0. The first-order valence-corrected chi connectivity index (χ1v) is 3.10. The maximum atomic E-state index is 9.11. The summed E-state index contributed by atoms with van der Waals surface area (Å²) in [6.45, 7) is 0. The van der Waals surface area contributed by atoms with Crippen LogP contribution >= 0.6 is 0 Å². The van der Waals surface area contributed by atoms with Crippen molar-refractivity contribution in [1.29, 1.82) is 0 Å². The Morgan fingerprint density at radius 1 is 1.43 bits per heavy atom. The van der Waals surface area contributed by atoms with Crippen LogP contribution in [0.5, 0.6) is 0 Å². The molecule has 0 heterocycles. The zero-order valence-corrected chi connectivity index (χ0v) is 7.43. The van der Waals surface area contributed by atoms with Crippen LogP contribution in [0, 0.1) is 0 Å². The van der Waals surface area contributed by atoms with E-state index in [0.717, 1.165) is 0 Å². The van der Waals surface area contributed by atoms with Crippen LogP contribution in [0.15, 0.2) is 0 Å². The fraction of sp³-hybridized carbons (Fsp3) is 0. The van der Waals surface area contributed by atoms with E-state index in [9.17, 15) is 0 Å². The Balaban J connectivity index is -0.0000000800. The van der Waals surface area contributed by atoms with Crippen LogP contribution < -0.4 is 0 Å². The van der Waals surface area contributed by atoms with Crippen molar-refractivity contribution < 1.29 is 32.8 Å². The van der Waals surface area contributed by atoms with E-state index in [1.54, 1.807) is 0 Å². The number of hydrogen-bond donors (Lipinski definition) is 2. The smallest absolute Gasteiger partial charge is 0 e. The molecule has 36 valence electrons. The second kappa shape index (κ2) is 6.04. The Kier molecular flexibility index (Phi) is 13.8. The fourth-order valence-corrected chi connectivity index (χ4v) is 0. The van der Waals surface area contributed by atoms with Gasteiger partial charge in [0, 0.05) is 30.7 Å². The topological polar surface area (TPSA) is 57.5 Å². The van der Waals surface area contributed by atoms with Crippen molar-refractivity contribution >= 4 is 49.8 Å². The normalized spacial score (nSPS) is 8.29. The first-order valence-electron chi connectivity index (χ1n) is 0.698. The Bertz CT molecular complexity index is 96.1. The predicted molar refractivity (Wildman–Crippen MR) is 27.9 cm³/mol. The van der Waals surface area contributed by atoms with Gasteiger partial charge in [-0.3, -0.25) is 9.11 Å². The Hall–Kier alpha value is 1.91. The van der Waals surface area contributed by atoms with Crippen LogP contribution in [0.25, 0.3) is 0 Å². The SMILES string of the molecule is O=S(O)(O)=S.[NaH].[Zn]. The van der Waals surface area contributed by atoms with Gasteiger partial charge in [-0.05, 0) is 0 Å². The molecule has 7 heteroatoms. The standard InChI is InChI=1S/Na.H2O3S2.Zn.H/c;1-5(2,3)4;;/h;(H2,1,2,3,4);;. The molecule has 0 bridgehead atoms. The van der Waals surface area contributed by atoms with Crippen molar-refractivity contribution in [2.24, 2.45) is 0 Å². The summed E-state index contributed by atoms with van der Waals surface area (Å²) < 4.78 is 24.0. The molecule has 0 aliphatic heterocycles. The molecule has 0 spiro atoms. The molecule has 0 aliphatic carbocycles. The first kappa shape index (κ1) is 16.0. The summed E-state index contributed by atoms with van der Waals surface area (Å²) in [5.41, 5.74) is 0. The maximum Gasteiger partial charge on any atom is 0 e. The second-order valence-corrected chi connectivity index (χ2v) is 2.65. The third-order valence-corrected chi connectivity index (χ3v) is 0. The molecule has 0 aliphatic rings. The maximum absolute atomic E-state index is 9.11. The first-order chi connectivity index (χ1) is 2.00. The van der Waals surface area contributed by atoms with Gasteiger partial charge in [-0.1, -0.05) is 0 Å². The van der Waals surface area contributed by atoms with Gasteiger partial charge in [0.05, 0.1) is 0 Å². The van der Waals surface area contributed by atoms with Gasteiger partial charge in [0.25, 0.3) is 9.05 Å². The van der Waals surface area contributed by atoms with E-state index < -0.39 is 9.05 Å². The van der Waals surface area contributed by atoms with Crippen molar-refractivity contribution in [3.05, 3.63) is 0 Å². The molecule has 0 amide bonds. The van der Waals surface area contributed by atoms with E-state index in [2.05, 4.69) is 11.2 Å². The average Bonchev–Trinajstić information content (AvgIpc) is 0.722. The van der Waals surface area contributed by atoms with Crippen molar-refractivity contribution in [2.45, 2.75) is 0 Å². The number of hydrogen-bond acceptors (Lipinski definition) is 2. The summed E-state index contributed by atoms with van der Waals surface area (Å²) in [6.07, 6.45) is 0. The largest absolute Gasteiger partial charge is 0 e. The Labute approximate surface area is 81.6 Å². The Morgan fingerprint density at radius 2 is 1.43 bits per heavy atom. The zero-order valence-electron chi connectivity index (χ0n) is 2.83. The van der Waals surface area contributed by atoms with E-state index in [1.165, 1.54) is 0 Å². The van der Waals surface area contributed by atoms with Crippen molar-refractivity contribution in [2.75, 3.05) is 0 Å². The third kappa shape index (κ3) is 75.6. The van der Waals surface area contributed by atoms with Crippen LogP contribution in [-0.4, -0.2) is 42.9 Å². The van der Waals surface area contributed by atoms with Crippen molar-refractivity contribution in [3.8, 4) is 0 Å². The van der Waals surface area contributed by atoms with Crippen LogP contribution in [0.4, 0.5) is 0 Å². The molecule has 0 saturated carbocycles. The number of rotatable bonds is 0. The van der Waals surface area contributed by atoms with Gasteiger partial charge < -0.3 is 0 Å². The van der Waals surface area contributed by atoms with E-state index in [4.69, 9.17) is 13.3 Å². The molecule has 3 nitrogen and oxygen atoms in total. The molecule has 0 unspecified atom stereocenters. The summed E-state index contributed by atoms with van der Waals surface area (Å²) >= 11 is 3.47. The van der Waals surface area contributed by atoms with E-state index in [0.29, 0.717) is 0 Å². The minimum atomic E-state index is -3.83. The molecule has 0 atom stereocenters. The third-order valence-electron chi connectivity index (χ3n) is 0. The molecule has 0 radical (unpaired) electrons. The van der Waals surface area contributed by atoms with Gasteiger partial charge in [-0.15, -0.1) is 0 Å². The van der Waals surface area contributed by atoms with Gasteiger partial charge >= 0.3 is 29.6 Å². The van der Waals surface area contributed by atoms with Crippen LogP contribution in [0.3, 0.4) is 0 Å². The fourth-order valence-electron chi connectivity index (χ4n) is 0. The molecular formula is H3NaO3S2Zn. The molecule has 0 aromatic carbocycles. The Morgan fingerprint density at radius 3 is 1.43 bits per heavy atom. The molecule has 0 fully saturated rings. The summed E-state index contributed by atoms with van der Waals surface area (Å²) in [4.78, 5) is 0. The molecule has 0 aromatic rings. The van der Waals surface area contributed by atoms with Crippen molar-refractivity contribution in [1.82, 2.24) is 0 Å². The molecule has 0 saturated heterocycles. The van der Waals surface area contributed by atoms with Crippen LogP contribution in [-0.2, 0) is 39.7 Å². The minimum absolute atomic E-state index is 0. The van der Waals surface area contributed by atoms with E-state index >= 15 is 0 Å². The predicted octanol–water partition coefficient (Wildman–Crippen LogP) is -0.972. The van der Waals surface area contributed by atoms with Gasteiger partial charge in [-0.2, -0.15) is 4.21 Å². The second-order valence-electron chi connectivity index (χ2n) is 0.448. The quantitative estimate of drug-likeness (QED) is 0.498. The van der Waals surface area contributed by atoms with Gasteiger partial charge in [0.1, 0.15) is 0 Å². The van der Waals surface area contributed by atoms with Gasteiger partial charge in [0.15, 0.2) is 0 Å². The van der Waals surface area contributed by atoms with Gasteiger partial charge in [-0.25, -0.2) is 0 Å². The van der Waals surface area contributed by atoms with Gasteiger partial charge in [0.2, 0.25) is 0 Å². The average molecular weight is 204 g/mol. The molecule has 0 aromatic heterocycles. The summed E-state index contributed by atoms with van der Waals surface area (Å²) in [7, 11) is -3.83. The van der Waals surface area contributed by atoms with Crippen LogP contribution in [0.2, 0.25) is 0 Å². The molecule has 7 heavy (non-hydrogen) atoms. The minimum Gasteiger partial charge on any atom is 0 e. The molecular weight excluding hydrogens is 201 g/mol. The monoisotopic (exact) mass is 202 g/mol. The zero-order chi connectivity index (χ0) is 4.50. The molecule has 2 N–H and O–H groups in total. The van der Waals surface area contributed by atoms with E-state index in [-0.39, 0.29) is 49.0 Å². The van der Waals surface area contributed by atoms with Crippen molar-refractivity contribution in [3.63, 3.8) is 0 Å². The summed E-state index contributed by atoms with van der Waals surface area (Å²) in [5.74, 6) is 0. The van der Waals surface area contributed by atoms with E-state index in [1.807, 2.05) is 0 Å². The van der Waals surface area contributed by atoms with Crippen LogP contribution in [0.1, 0.15) is 0 Å². The summed E-state index contributed by atoms with van der Waals surface area (Å²) in [5, 5.41) is 0. The molecule has 0 rings (SSSR count).